The van der Waals surface area contributed by atoms with Crippen molar-refractivity contribution < 1.29 is 28.8 Å². The van der Waals surface area contributed by atoms with Gasteiger partial charge in [-0.15, -0.1) is 5.06 Å². The zero-order valence-corrected chi connectivity index (χ0v) is 16.3. The van der Waals surface area contributed by atoms with Crippen LogP contribution in [0.25, 0.3) is 11.1 Å². The normalized spacial score (nSPS) is 15.4. The molecule has 8 heteroatoms. The summed E-state index contributed by atoms with van der Waals surface area (Å²) in [5.74, 6) is -2.09. The van der Waals surface area contributed by atoms with Gasteiger partial charge in [0.15, 0.2) is 0 Å². The summed E-state index contributed by atoms with van der Waals surface area (Å²) in [6, 6.07) is 12.9. The number of benzene rings is 2. The molecule has 1 aliphatic heterocycles. The molecule has 1 fully saturated rings. The molecule has 1 N–H and O–H groups in total. The number of carbonyl (C=O) groups is 4. The Balaban J connectivity index is 1.33. The third-order valence-corrected chi connectivity index (χ3v) is 5.18. The van der Waals surface area contributed by atoms with E-state index in [0.29, 0.717) is 5.06 Å². The number of nitrogens with one attached hydrogen (secondary N) is 1. The summed E-state index contributed by atoms with van der Waals surface area (Å²) >= 11 is 0. The van der Waals surface area contributed by atoms with Crippen LogP contribution in [-0.2, 0) is 37.0 Å². The molecule has 0 saturated carbocycles. The van der Waals surface area contributed by atoms with E-state index >= 15 is 0 Å². The Morgan fingerprint density at radius 1 is 1.03 bits per heavy atom. The van der Waals surface area contributed by atoms with E-state index in [9.17, 15) is 19.2 Å². The minimum atomic E-state index is -1.09. The lowest BCUT2D eigenvalue weighted by Crippen LogP contribution is -2.43. The second-order valence-electron chi connectivity index (χ2n) is 7.21. The van der Waals surface area contributed by atoms with Gasteiger partial charge in [-0.05, 0) is 41.2 Å². The Kier molecular flexibility index (Phi) is 5.22. The van der Waals surface area contributed by atoms with Crippen LogP contribution >= 0.6 is 0 Å². The van der Waals surface area contributed by atoms with E-state index in [0.717, 1.165) is 23.1 Å². The van der Waals surface area contributed by atoms with Crippen LogP contribution in [0.4, 0.5) is 4.79 Å². The lowest BCUT2D eigenvalue weighted by molar-refractivity contribution is -0.198. The van der Waals surface area contributed by atoms with Crippen molar-refractivity contribution >= 4 is 23.9 Å². The first-order chi connectivity index (χ1) is 14.4. The molecule has 1 atom stereocenters. The van der Waals surface area contributed by atoms with E-state index < -0.39 is 29.9 Å². The Morgan fingerprint density at radius 3 is 2.50 bits per heavy atom. The number of nitrogens with zero attached hydrogens (tertiary/aromatic N) is 1. The molecule has 0 unspecified atom stereocenters. The highest BCUT2D eigenvalue weighted by Crippen LogP contribution is 2.38. The largest absolute Gasteiger partial charge is 0.445 e. The number of fused-ring (bicyclic) bond motifs is 3. The number of alkyl carbamates (subject to hydrolysis) is 1. The summed E-state index contributed by atoms with van der Waals surface area (Å²) in [5, 5.41) is 2.79. The fourth-order valence-electron chi connectivity index (χ4n) is 3.61. The topological polar surface area (TPSA) is 102 Å². The van der Waals surface area contributed by atoms with Crippen molar-refractivity contribution in [3.8, 4) is 11.1 Å². The maximum absolute atomic E-state index is 12.1. The number of carbonyl (C=O) groups excluding carboxylic acids is 4. The maximum Gasteiger partial charge on any atom is 0.408 e. The SMILES string of the molecule is C[C@H](NC(=O)OCc1cccc2c1Cc1ccccc1-2)C(=O)ON1C(=O)CCC1=O. The van der Waals surface area contributed by atoms with Gasteiger partial charge in [0.2, 0.25) is 0 Å². The number of hydrogen-bond donors (Lipinski definition) is 1. The number of rotatable bonds is 5. The van der Waals surface area contributed by atoms with Gasteiger partial charge in [-0.25, -0.2) is 9.59 Å². The third kappa shape index (κ3) is 3.76. The van der Waals surface area contributed by atoms with E-state index in [1.54, 1.807) is 0 Å². The quantitative estimate of drug-likeness (QED) is 0.651. The Hall–Kier alpha value is -3.68. The van der Waals surface area contributed by atoms with Crippen molar-refractivity contribution in [2.24, 2.45) is 0 Å². The summed E-state index contributed by atoms with van der Waals surface area (Å²) in [6.45, 7) is 1.43. The standard InChI is InChI=1S/C22H20N2O6/c1-13(21(27)30-24-19(25)9-10-20(24)26)23-22(28)29-12-15-6-4-8-17-16-7-3-2-5-14(16)11-18(15)17/h2-8,13H,9-12H2,1H3,(H,23,28)/t13-/m0/s1. The number of imide groups is 1. The van der Waals surface area contributed by atoms with Gasteiger partial charge in [0, 0.05) is 12.8 Å². The summed E-state index contributed by atoms with van der Waals surface area (Å²) in [6.07, 6.45) is -0.0259. The Morgan fingerprint density at radius 2 is 1.73 bits per heavy atom. The van der Waals surface area contributed by atoms with E-state index in [-0.39, 0.29) is 19.4 Å². The van der Waals surface area contributed by atoms with Gasteiger partial charge in [0.25, 0.3) is 11.8 Å². The minimum Gasteiger partial charge on any atom is -0.445 e. The smallest absolute Gasteiger partial charge is 0.408 e. The lowest BCUT2D eigenvalue weighted by Gasteiger charge is -2.17. The van der Waals surface area contributed by atoms with E-state index in [2.05, 4.69) is 17.4 Å². The molecular weight excluding hydrogens is 388 g/mol. The van der Waals surface area contributed by atoms with Gasteiger partial charge in [0.1, 0.15) is 12.6 Å². The zero-order chi connectivity index (χ0) is 21.3. The molecule has 0 spiro atoms. The molecule has 0 radical (unpaired) electrons. The van der Waals surface area contributed by atoms with E-state index in [1.807, 2.05) is 30.3 Å². The lowest BCUT2D eigenvalue weighted by atomic mass is 10.0. The summed E-state index contributed by atoms with van der Waals surface area (Å²) < 4.78 is 5.28. The number of hydroxylamine groups is 2. The van der Waals surface area contributed by atoms with Crippen LogP contribution in [0.2, 0.25) is 0 Å². The molecule has 2 aliphatic rings. The fraction of sp³-hybridized carbons (Fsp3) is 0.273. The van der Waals surface area contributed by atoms with Crippen molar-refractivity contribution in [2.45, 2.75) is 38.8 Å². The van der Waals surface area contributed by atoms with Gasteiger partial charge in [-0.1, -0.05) is 42.5 Å². The van der Waals surface area contributed by atoms with Gasteiger partial charge < -0.3 is 14.9 Å². The van der Waals surface area contributed by atoms with Crippen molar-refractivity contribution in [1.82, 2.24) is 10.4 Å². The minimum absolute atomic E-state index is 0.00122. The molecule has 1 aliphatic carbocycles. The summed E-state index contributed by atoms with van der Waals surface area (Å²) in [4.78, 5) is 52.0. The molecule has 0 aromatic heterocycles. The van der Waals surface area contributed by atoms with Crippen LogP contribution in [0.3, 0.4) is 0 Å². The molecule has 8 nitrogen and oxygen atoms in total. The fourth-order valence-corrected chi connectivity index (χ4v) is 3.61. The highest BCUT2D eigenvalue weighted by atomic mass is 16.7. The molecule has 4 rings (SSSR count). The van der Waals surface area contributed by atoms with Crippen molar-refractivity contribution in [3.63, 3.8) is 0 Å². The predicted molar refractivity (Wildman–Crippen MR) is 105 cm³/mol. The molecule has 0 bridgehead atoms. The van der Waals surface area contributed by atoms with Crippen LogP contribution in [0.15, 0.2) is 42.5 Å². The molecule has 154 valence electrons. The molecule has 2 aromatic carbocycles. The monoisotopic (exact) mass is 408 g/mol. The maximum atomic E-state index is 12.1. The predicted octanol–water partition coefficient (Wildman–Crippen LogP) is 2.48. The highest BCUT2D eigenvalue weighted by Gasteiger charge is 2.34. The second kappa shape index (κ2) is 7.98. The number of amides is 3. The third-order valence-electron chi connectivity index (χ3n) is 5.18. The first-order valence-electron chi connectivity index (χ1n) is 9.64. The first kappa shape index (κ1) is 19.6. The average Bonchev–Trinajstić information content (AvgIpc) is 3.27. The molecule has 3 amide bonds. The van der Waals surface area contributed by atoms with Crippen LogP contribution in [0, 0.1) is 0 Å². The van der Waals surface area contributed by atoms with Crippen LogP contribution in [0.5, 0.6) is 0 Å². The van der Waals surface area contributed by atoms with Crippen LogP contribution < -0.4 is 5.32 Å². The highest BCUT2D eigenvalue weighted by molar-refractivity contribution is 6.01. The van der Waals surface area contributed by atoms with Gasteiger partial charge >= 0.3 is 12.1 Å². The molecule has 2 aromatic rings. The Bertz CT molecular complexity index is 1030. The van der Waals surface area contributed by atoms with Crippen molar-refractivity contribution in [3.05, 3.63) is 59.2 Å². The molecular formula is C22H20N2O6. The Labute approximate surface area is 172 Å². The summed E-state index contributed by atoms with van der Waals surface area (Å²) in [5.41, 5.74) is 5.55. The number of hydrogen-bond acceptors (Lipinski definition) is 6. The molecule has 1 heterocycles. The van der Waals surface area contributed by atoms with Crippen LogP contribution in [-0.4, -0.2) is 35.0 Å². The van der Waals surface area contributed by atoms with Crippen LogP contribution in [0.1, 0.15) is 36.5 Å². The van der Waals surface area contributed by atoms with Gasteiger partial charge in [-0.2, -0.15) is 0 Å². The first-order valence-corrected chi connectivity index (χ1v) is 9.64. The zero-order valence-electron chi connectivity index (χ0n) is 16.3. The van der Waals surface area contributed by atoms with Gasteiger partial charge in [-0.3, -0.25) is 9.59 Å². The van der Waals surface area contributed by atoms with Crippen molar-refractivity contribution in [2.75, 3.05) is 0 Å². The van der Waals surface area contributed by atoms with E-state index in [1.165, 1.54) is 18.1 Å². The van der Waals surface area contributed by atoms with Gasteiger partial charge in [0.05, 0.1) is 0 Å². The van der Waals surface area contributed by atoms with Crippen molar-refractivity contribution in [1.29, 1.82) is 0 Å². The molecule has 30 heavy (non-hydrogen) atoms. The average molecular weight is 408 g/mol. The number of ether oxygens (including phenoxy) is 1. The summed E-state index contributed by atoms with van der Waals surface area (Å²) in [7, 11) is 0. The second-order valence-corrected chi connectivity index (χ2v) is 7.21. The molecule has 1 saturated heterocycles. The van der Waals surface area contributed by atoms with E-state index in [4.69, 9.17) is 9.57 Å².